The van der Waals surface area contributed by atoms with E-state index in [0.717, 1.165) is 0 Å². The van der Waals surface area contributed by atoms with Crippen LogP contribution in [0, 0.1) is 0 Å². The predicted octanol–water partition coefficient (Wildman–Crippen LogP) is 0.848. The average Bonchev–Trinajstić information content (AvgIpc) is 1.58. The van der Waals surface area contributed by atoms with Crippen LogP contribution in [0.15, 0.2) is 0 Å². The van der Waals surface area contributed by atoms with Gasteiger partial charge in [-0.15, -0.1) is 0 Å². The Hall–Kier alpha value is -0.570. The second-order valence-electron chi connectivity index (χ2n) is 2.82. The van der Waals surface area contributed by atoms with E-state index in [2.05, 4.69) is 5.32 Å². The van der Waals surface area contributed by atoms with Crippen molar-refractivity contribution < 1.29 is 9.90 Å². The molecule has 0 spiro atoms. The molecule has 0 aromatic rings. The van der Waals surface area contributed by atoms with Crippen LogP contribution in [0.5, 0.6) is 0 Å². The first kappa shape index (κ1) is 9.43. The van der Waals surface area contributed by atoms with E-state index in [1.807, 2.05) is 20.8 Å². The van der Waals surface area contributed by atoms with E-state index >= 15 is 0 Å². The van der Waals surface area contributed by atoms with Crippen LogP contribution < -0.4 is 5.32 Å². The molecule has 0 heterocycles. The molecule has 0 aromatic carbocycles. The number of rotatable bonds is 4. The van der Waals surface area contributed by atoms with Crippen LogP contribution in [0.1, 0.15) is 27.2 Å². The normalized spacial score (nSPS) is 13.6. The molecular formula is C7H15NO2. The van der Waals surface area contributed by atoms with E-state index in [1.165, 1.54) is 0 Å². The minimum Gasteiger partial charge on any atom is -0.481 e. The fourth-order valence-electron chi connectivity index (χ4n) is 0.890. The number of hydrogen-bond donors (Lipinski definition) is 2. The molecular weight excluding hydrogens is 130 g/mol. The largest absolute Gasteiger partial charge is 0.481 e. The van der Waals surface area contributed by atoms with Crippen LogP contribution in [0.2, 0.25) is 0 Å². The standard InChI is InChI=1S/C7H15NO2/c1-5(2)8-6(3)4-7(9)10/h5-6,8H,4H2,1-3H3,(H,9,10). The monoisotopic (exact) mass is 145 g/mol. The van der Waals surface area contributed by atoms with E-state index in [1.54, 1.807) is 0 Å². The number of aliphatic carboxylic acids is 1. The van der Waals surface area contributed by atoms with Crippen LogP contribution in [0.4, 0.5) is 0 Å². The minimum atomic E-state index is -0.749. The first-order chi connectivity index (χ1) is 4.52. The van der Waals surface area contributed by atoms with Crippen LogP contribution >= 0.6 is 0 Å². The molecule has 0 saturated heterocycles. The first-order valence-corrected chi connectivity index (χ1v) is 3.50. The van der Waals surface area contributed by atoms with Gasteiger partial charge in [0.2, 0.25) is 0 Å². The van der Waals surface area contributed by atoms with Crippen molar-refractivity contribution in [3.8, 4) is 0 Å². The fourth-order valence-corrected chi connectivity index (χ4v) is 0.890. The van der Waals surface area contributed by atoms with Gasteiger partial charge in [-0.05, 0) is 6.92 Å². The lowest BCUT2D eigenvalue weighted by Crippen LogP contribution is -2.33. The molecule has 3 heteroatoms. The van der Waals surface area contributed by atoms with Crippen LogP contribution in [0.25, 0.3) is 0 Å². The lowest BCUT2D eigenvalue weighted by molar-refractivity contribution is -0.137. The third kappa shape index (κ3) is 5.56. The predicted molar refractivity (Wildman–Crippen MR) is 40.0 cm³/mol. The Morgan fingerprint density at radius 3 is 2.30 bits per heavy atom. The molecule has 0 aliphatic carbocycles. The molecule has 60 valence electrons. The summed E-state index contributed by atoms with van der Waals surface area (Å²) in [4.78, 5) is 10.2. The van der Waals surface area contributed by atoms with Crippen molar-refractivity contribution in [2.75, 3.05) is 0 Å². The van der Waals surface area contributed by atoms with Gasteiger partial charge in [0.1, 0.15) is 0 Å². The smallest absolute Gasteiger partial charge is 0.304 e. The Morgan fingerprint density at radius 2 is 2.00 bits per heavy atom. The highest BCUT2D eigenvalue weighted by Crippen LogP contribution is 1.91. The second-order valence-corrected chi connectivity index (χ2v) is 2.82. The molecule has 1 unspecified atom stereocenters. The summed E-state index contributed by atoms with van der Waals surface area (Å²) in [5.74, 6) is -0.749. The number of carboxylic acids is 1. The summed E-state index contributed by atoms with van der Waals surface area (Å²) in [6, 6.07) is 0.423. The molecule has 0 aliphatic heterocycles. The molecule has 0 bridgehead atoms. The van der Waals surface area contributed by atoms with Crippen molar-refractivity contribution in [2.45, 2.75) is 39.3 Å². The number of nitrogens with one attached hydrogen (secondary N) is 1. The van der Waals surface area contributed by atoms with Gasteiger partial charge in [-0.3, -0.25) is 4.79 Å². The summed E-state index contributed by atoms with van der Waals surface area (Å²) < 4.78 is 0. The van der Waals surface area contributed by atoms with Crippen molar-refractivity contribution in [2.24, 2.45) is 0 Å². The summed E-state index contributed by atoms with van der Waals surface area (Å²) in [6.07, 6.45) is 0.193. The molecule has 0 saturated carbocycles. The van der Waals surface area contributed by atoms with E-state index in [9.17, 15) is 4.79 Å². The van der Waals surface area contributed by atoms with Crippen LogP contribution in [-0.4, -0.2) is 23.2 Å². The van der Waals surface area contributed by atoms with Gasteiger partial charge in [0.05, 0.1) is 6.42 Å². The maximum atomic E-state index is 10.2. The average molecular weight is 145 g/mol. The highest BCUT2D eigenvalue weighted by Gasteiger charge is 2.06. The Balaban J connectivity index is 3.43. The number of carbonyl (C=O) groups is 1. The molecule has 0 aliphatic rings. The van der Waals surface area contributed by atoms with Gasteiger partial charge in [-0.1, -0.05) is 13.8 Å². The molecule has 0 amide bonds. The zero-order chi connectivity index (χ0) is 8.15. The topological polar surface area (TPSA) is 49.3 Å². The van der Waals surface area contributed by atoms with Gasteiger partial charge in [-0.25, -0.2) is 0 Å². The summed E-state index contributed by atoms with van der Waals surface area (Å²) in [6.45, 7) is 5.87. The Bertz CT molecular complexity index is 112. The maximum absolute atomic E-state index is 10.2. The molecule has 0 radical (unpaired) electrons. The Kier molecular flexibility index (Phi) is 4.03. The lowest BCUT2D eigenvalue weighted by atomic mass is 10.2. The summed E-state index contributed by atoms with van der Waals surface area (Å²) in [5.41, 5.74) is 0. The van der Waals surface area contributed by atoms with Crippen molar-refractivity contribution >= 4 is 5.97 Å². The summed E-state index contributed by atoms with van der Waals surface area (Å²) in [7, 11) is 0. The van der Waals surface area contributed by atoms with Gasteiger partial charge in [0.15, 0.2) is 0 Å². The van der Waals surface area contributed by atoms with Gasteiger partial charge < -0.3 is 10.4 Å². The minimum absolute atomic E-state index is 0.0671. The van der Waals surface area contributed by atoms with Crippen LogP contribution in [0.3, 0.4) is 0 Å². The van der Waals surface area contributed by atoms with Gasteiger partial charge in [0, 0.05) is 12.1 Å². The first-order valence-electron chi connectivity index (χ1n) is 3.50. The quantitative estimate of drug-likeness (QED) is 0.616. The molecule has 0 fully saturated rings. The van der Waals surface area contributed by atoms with Gasteiger partial charge in [-0.2, -0.15) is 0 Å². The van der Waals surface area contributed by atoms with Crippen LogP contribution in [-0.2, 0) is 4.79 Å². The summed E-state index contributed by atoms with van der Waals surface area (Å²) >= 11 is 0. The highest BCUT2D eigenvalue weighted by molar-refractivity contribution is 5.67. The van der Waals surface area contributed by atoms with E-state index in [4.69, 9.17) is 5.11 Å². The number of hydrogen-bond acceptors (Lipinski definition) is 2. The summed E-state index contributed by atoms with van der Waals surface area (Å²) in [5, 5.41) is 11.4. The lowest BCUT2D eigenvalue weighted by Gasteiger charge is -2.13. The molecule has 0 rings (SSSR count). The van der Waals surface area contributed by atoms with E-state index in [0.29, 0.717) is 6.04 Å². The van der Waals surface area contributed by atoms with Gasteiger partial charge >= 0.3 is 5.97 Å². The molecule has 1 atom stereocenters. The third-order valence-corrected chi connectivity index (χ3v) is 1.10. The highest BCUT2D eigenvalue weighted by atomic mass is 16.4. The van der Waals surface area contributed by atoms with Crippen molar-refractivity contribution in [1.82, 2.24) is 5.32 Å². The fraction of sp³-hybridized carbons (Fsp3) is 0.857. The van der Waals surface area contributed by atoms with Crippen molar-refractivity contribution in [3.63, 3.8) is 0 Å². The Morgan fingerprint density at radius 1 is 1.50 bits per heavy atom. The molecule has 10 heavy (non-hydrogen) atoms. The van der Waals surface area contributed by atoms with E-state index < -0.39 is 5.97 Å². The van der Waals surface area contributed by atoms with Crippen molar-refractivity contribution in [1.29, 1.82) is 0 Å². The zero-order valence-corrected chi connectivity index (χ0v) is 6.72. The molecule has 3 nitrogen and oxygen atoms in total. The van der Waals surface area contributed by atoms with Gasteiger partial charge in [0.25, 0.3) is 0 Å². The molecule has 2 N–H and O–H groups in total. The second kappa shape index (κ2) is 4.28. The van der Waals surface area contributed by atoms with Crippen molar-refractivity contribution in [3.05, 3.63) is 0 Å². The maximum Gasteiger partial charge on any atom is 0.304 e. The Labute approximate surface area is 61.4 Å². The number of carboxylic acid groups (broad SMARTS) is 1. The van der Waals surface area contributed by atoms with E-state index in [-0.39, 0.29) is 12.5 Å². The molecule has 0 aromatic heterocycles. The zero-order valence-electron chi connectivity index (χ0n) is 6.72. The third-order valence-electron chi connectivity index (χ3n) is 1.10. The SMILES string of the molecule is CC(C)NC(C)CC(=O)O.